The van der Waals surface area contributed by atoms with Gasteiger partial charge in [0.1, 0.15) is 11.8 Å². The Balaban J connectivity index is 1.65. The predicted octanol–water partition coefficient (Wildman–Crippen LogP) is 4.11. The van der Waals surface area contributed by atoms with E-state index < -0.39 is 36.2 Å². The number of amides is 2. The van der Waals surface area contributed by atoms with Crippen molar-refractivity contribution in [2.45, 2.75) is 12.2 Å². The molecule has 3 aromatic rings. The van der Waals surface area contributed by atoms with Gasteiger partial charge in [0, 0.05) is 17.3 Å². The van der Waals surface area contributed by atoms with Crippen molar-refractivity contribution in [3.63, 3.8) is 0 Å². The Kier molecular flexibility index (Phi) is 7.34. The number of carbonyl (C=O) groups excluding carboxylic acids is 2. The maximum absolute atomic E-state index is 12.7. The minimum atomic E-state index is -4.41. The van der Waals surface area contributed by atoms with Crippen LogP contribution in [0.25, 0.3) is 11.1 Å². The zero-order valence-corrected chi connectivity index (χ0v) is 17.5. The summed E-state index contributed by atoms with van der Waals surface area (Å²) in [4.78, 5) is 25.0. The molecule has 1 atom stereocenters. The lowest BCUT2D eigenvalue weighted by molar-refractivity contribution is -0.137. The zero-order valence-electron chi connectivity index (χ0n) is 17.5. The Morgan fingerprint density at radius 2 is 1.58 bits per heavy atom. The van der Waals surface area contributed by atoms with Gasteiger partial charge in [-0.2, -0.15) is 13.2 Å². The molecule has 0 aromatic heterocycles. The molecule has 0 radical (unpaired) electrons. The number of methoxy groups -OCH3 is 1. The Hall–Kier alpha value is -3.85. The number of anilines is 1. The number of benzene rings is 3. The first-order valence-electron chi connectivity index (χ1n) is 9.85. The third-order valence-corrected chi connectivity index (χ3v) is 4.83. The molecular formula is C24H21F3N2O4. The number of aliphatic hydroxyl groups excluding tert-OH is 1. The van der Waals surface area contributed by atoms with E-state index >= 15 is 0 Å². The van der Waals surface area contributed by atoms with E-state index in [1.54, 1.807) is 36.4 Å². The van der Waals surface area contributed by atoms with Gasteiger partial charge in [0.2, 0.25) is 5.91 Å². The fraction of sp³-hybridized carbons (Fsp3) is 0.167. The summed E-state index contributed by atoms with van der Waals surface area (Å²) in [6, 6.07) is 16.2. The lowest BCUT2D eigenvalue weighted by Crippen LogP contribution is -2.46. The second-order valence-electron chi connectivity index (χ2n) is 7.08. The maximum atomic E-state index is 12.7. The van der Waals surface area contributed by atoms with Crippen molar-refractivity contribution in [2.24, 2.45) is 0 Å². The molecule has 6 nitrogen and oxygen atoms in total. The maximum Gasteiger partial charge on any atom is 0.416 e. The van der Waals surface area contributed by atoms with Crippen LogP contribution in [0, 0.1) is 0 Å². The molecule has 0 spiro atoms. The summed E-state index contributed by atoms with van der Waals surface area (Å²) in [6.45, 7) is -0.620. The Morgan fingerprint density at radius 3 is 2.12 bits per heavy atom. The molecule has 3 aromatic carbocycles. The summed E-state index contributed by atoms with van der Waals surface area (Å²) in [7, 11) is 1.49. The van der Waals surface area contributed by atoms with Crippen molar-refractivity contribution in [2.75, 3.05) is 19.0 Å². The molecule has 0 saturated carbocycles. The molecule has 2 amide bonds. The molecule has 9 heteroatoms. The quantitative estimate of drug-likeness (QED) is 0.497. The Bertz CT molecular complexity index is 1110. The normalized spacial score (nSPS) is 12.0. The number of nitrogens with one attached hydrogen (secondary N) is 2. The SMILES string of the molecule is COc1cccc(NC(=O)[C@H](CO)NC(=O)c2ccc(-c3ccc(C(F)(F)F)cc3)cc2)c1. The van der Waals surface area contributed by atoms with Gasteiger partial charge in [-0.1, -0.05) is 30.3 Å². The van der Waals surface area contributed by atoms with Gasteiger partial charge >= 0.3 is 6.18 Å². The number of alkyl halides is 3. The zero-order chi connectivity index (χ0) is 24.0. The molecule has 0 unspecified atom stereocenters. The van der Waals surface area contributed by atoms with Gasteiger partial charge in [-0.15, -0.1) is 0 Å². The van der Waals surface area contributed by atoms with E-state index in [9.17, 15) is 27.9 Å². The fourth-order valence-electron chi connectivity index (χ4n) is 3.03. The van der Waals surface area contributed by atoms with Gasteiger partial charge in [0.05, 0.1) is 19.3 Å². The van der Waals surface area contributed by atoms with E-state index in [2.05, 4.69) is 10.6 Å². The Labute approximate surface area is 188 Å². The van der Waals surface area contributed by atoms with Crippen molar-refractivity contribution >= 4 is 17.5 Å². The van der Waals surface area contributed by atoms with Gasteiger partial charge in [-0.05, 0) is 47.5 Å². The van der Waals surface area contributed by atoms with Crippen LogP contribution in [0.5, 0.6) is 5.75 Å². The van der Waals surface area contributed by atoms with E-state index in [0.717, 1.165) is 12.1 Å². The molecule has 0 fully saturated rings. The average molecular weight is 458 g/mol. The third-order valence-electron chi connectivity index (χ3n) is 4.83. The number of rotatable bonds is 7. The van der Waals surface area contributed by atoms with Gasteiger partial charge in [-0.25, -0.2) is 0 Å². The summed E-state index contributed by atoms with van der Waals surface area (Å²) < 4.78 is 43.2. The van der Waals surface area contributed by atoms with E-state index in [-0.39, 0.29) is 5.56 Å². The van der Waals surface area contributed by atoms with Gasteiger partial charge in [-0.3, -0.25) is 9.59 Å². The van der Waals surface area contributed by atoms with Crippen LogP contribution < -0.4 is 15.4 Å². The van der Waals surface area contributed by atoms with Crippen LogP contribution in [-0.2, 0) is 11.0 Å². The summed E-state index contributed by atoms with van der Waals surface area (Å²) in [5.74, 6) is -0.667. The summed E-state index contributed by atoms with van der Waals surface area (Å²) >= 11 is 0. The fourth-order valence-corrected chi connectivity index (χ4v) is 3.03. The third kappa shape index (κ3) is 6.11. The molecule has 0 heterocycles. The van der Waals surface area contributed by atoms with Crippen molar-refractivity contribution in [3.8, 4) is 16.9 Å². The summed E-state index contributed by atoms with van der Waals surface area (Å²) in [6.07, 6.45) is -4.41. The monoisotopic (exact) mass is 458 g/mol. The van der Waals surface area contributed by atoms with Crippen LogP contribution in [0.2, 0.25) is 0 Å². The lowest BCUT2D eigenvalue weighted by Gasteiger charge is -2.17. The molecule has 0 aliphatic rings. The molecular weight excluding hydrogens is 437 g/mol. The van der Waals surface area contributed by atoms with Crippen LogP contribution in [0.3, 0.4) is 0 Å². The van der Waals surface area contributed by atoms with Crippen LogP contribution in [0.15, 0.2) is 72.8 Å². The van der Waals surface area contributed by atoms with E-state index in [0.29, 0.717) is 22.6 Å². The molecule has 3 N–H and O–H groups in total. The van der Waals surface area contributed by atoms with Gasteiger partial charge < -0.3 is 20.5 Å². The largest absolute Gasteiger partial charge is 0.497 e. The minimum absolute atomic E-state index is 0.221. The van der Waals surface area contributed by atoms with Crippen LogP contribution >= 0.6 is 0 Å². The van der Waals surface area contributed by atoms with Gasteiger partial charge in [0.25, 0.3) is 5.91 Å². The number of ether oxygens (including phenoxy) is 1. The molecule has 172 valence electrons. The molecule has 0 saturated heterocycles. The second-order valence-corrected chi connectivity index (χ2v) is 7.08. The van der Waals surface area contributed by atoms with Crippen molar-refractivity contribution < 1.29 is 32.6 Å². The molecule has 33 heavy (non-hydrogen) atoms. The highest BCUT2D eigenvalue weighted by Crippen LogP contribution is 2.31. The Morgan fingerprint density at radius 1 is 0.970 bits per heavy atom. The molecule has 0 aliphatic heterocycles. The second kappa shape index (κ2) is 10.2. The summed E-state index contributed by atoms with van der Waals surface area (Å²) in [5, 5.41) is 14.6. The predicted molar refractivity (Wildman–Crippen MR) is 117 cm³/mol. The number of aliphatic hydroxyl groups is 1. The van der Waals surface area contributed by atoms with Crippen molar-refractivity contribution in [1.82, 2.24) is 5.32 Å². The highest BCUT2D eigenvalue weighted by molar-refractivity contribution is 6.01. The summed E-state index contributed by atoms with van der Waals surface area (Å²) in [5.41, 5.74) is 1.09. The first kappa shape index (κ1) is 23.8. The van der Waals surface area contributed by atoms with E-state index in [4.69, 9.17) is 4.74 Å². The molecule has 0 bridgehead atoms. The van der Waals surface area contributed by atoms with E-state index in [1.165, 1.54) is 31.4 Å². The first-order valence-corrected chi connectivity index (χ1v) is 9.85. The number of hydrogen-bond acceptors (Lipinski definition) is 4. The highest BCUT2D eigenvalue weighted by atomic mass is 19.4. The standard InChI is InChI=1S/C24H21F3N2O4/c1-33-20-4-2-3-19(13-20)28-23(32)21(14-30)29-22(31)17-7-5-15(6-8-17)16-9-11-18(12-10-16)24(25,26)27/h2-13,21,30H,14H2,1H3,(H,28,32)(H,29,31)/t21-/m0/s1. The number of carbonyl (C=O) groups is 2. The van der Waals surface area contributed by atoms with Crippen molar-refractivity contribution in [1.29, 1.82) is 0 Å². The number of hydrogen-bond donors (Lipinski definition) is 3. The van der Waals surface area contributed by atoms with E-state index in [1.807, 2.05) is 0 Å². The topological polar surface area (TPSA) is 87.7 Å². The van der Waals surface area contributed by atoms with Crippen LogP contribution in [0.1, 0.15) is 15.9 Å². The minimum Gasteiger partial charge on any atom is -0.497 e. The first-order chi connectivity index (χ1) is 15.7. The van der Waals surface area contributed by atoms with Crippen LogP contribution in [0.4, 0.5) is 18.9 Å². The van der Waals surface area contributed by atoms with Gasteiger partial charge in [0.15, 0.2) is 0 Å². The van der Waals surface area contributed by atoms with Crippen molar-refractivity contribution in [3.05, 3.63) is 83.9 Å². The highest BCUT2D eigenvalue weighted by Gasteiger charge is 2.30. The number of halogens is 3. The molecule has 3 rings (SSSR count). The average Bonchev–Trinajstić information content (AvgIpc) is 2.82. The van der Waals surface area contributed by atoms with Crippen LogP contribution in [-0.4, -0.2) is 36.7 Å². The molecule has 0 aliphatic carbocycles. The lowest BCUT2D eigenvalue weighted by atomic mass is 10.0. The smallest absolute Gasteiger partial charge is 0.416 e.